The van der Waals surface area contributed by atoms with Gasteiger partial charge in [0, 0.05) is 26.2 Å². The van der Waals surface area contributed by atoms with Crippen LogP contribution < -0.4 is 5.73 Å². The molecule has 92 valence electrons. The maximum absolute atomic E-state index is 12.1. The SMILES string of the molecule is CN(C)C(=O)c1cccc2c1CCO[C@H]2CN. The lowest BCUT2D eigenvalue weighted by molar-refractivity contribution is 0.0479. The van der Waals surface area contributed by atoms with Crippen LogP contribution >= 0.6 is 0 Å². The minimum Gasteiger partial charge on any atom is -0.372 e. The molecule has 1 aromatic rings. The monoisotopic (exact) mass is 234 g/mol. The van der Waals surface area contributed by atoms with Gasteiger partial charge in [0.15, 0.2) is 0 Å². The van der Waals surface area contributed by atoms with Gasteiger partial charge >= 0.3 is 0 Å². The van der Waals surface area contributed by atoms with E-state index in [2.05, 4.69) is 0 Å². The maximum atomic E-state index is 12.1. The largest absolute Gasteiger partial charge is 0.372 e. The predicted octanol–water partition coefficient (Wildman–Crippen LogP) is 0.961. The molecule has 1 aliphatic rings. The summed E-state index contributed by atoms with van der Waals surface area (Å²) in [5, 5.41) is 0. The van der Waals surface area contributed by atoms with E-state index >= 15 is 0 Å². The number of hydrogen-bond donors (Lipinski definition) is 1. The zero-order chi connectivity index (χ0) is 12.4. The van der Waals surface area contributed by atoms with Crippen molar-refractivity contribution in [2.75, 3.05) is 27.2 Å². The third-order valence-corrected chi connectivity index (χ3v) is 3.08. The van der Waals surface area contributed by atoms with Gasteiger partial charge in [-0.3, -0.25) is 4.79 Å². The number of nitrogens with two attached hydrogens (primary N) is 1. The predicted molar refractivity (Wildman–Crippen MR) is 65.9 cm³/mol. The van der Waals surface area contributed by atoms with E-state index in [9.17, 15) is 4.79 Å². The van der Waals surface area contributed by atoms with Crippen LogP contribution in [-0.4, -0.2) is 38.1 Å². The summed E-state index contributed by atoms with van der Waals surface area (Å²) in [6.07, 6.45) is 0.704. The van der Waals surface area contributed by atoms with E-state index in [1.54, 1.807) is 19.0 Å². The Bertz CT molecular complexity index is 429. The standard InChI is InChI=1S/C13H18N2O2/c1-15(2)13(16)11-5-3-4-10-9(11)6-7-17-12(10)8-14/h3-5,12H,6-8,14H2,1-2H3/t12-/m0/s1. The zero-order valence-electron chi connectivity index (χ0n) is 10.3. The van der Waals surface area contributed by atoms with Gasteiger partial charge in [0.05, 0.1) is 12.7 Å². The van der Waals surface area contributed by atoms with Crippen LogP contribution in [0.2, 0.25) is 0 Å². The second-order valence-corrected chi connectivity index (χ2v) is 4.42. The number of benzene rings is 1. The van der Waals surface area contributed by atoms with Gasteiger partial charge < -0.3 is 15.4 Å². The quantitative estimate of drug-likeness (QED) is 0.829. The van der Waals surface area contributed by atoms with E-state index < -0.39 is 0 Å². The molecule has 0 fully saturated rings. The number of ether oxygens (including phenoxy) is 1. The first-order chi connectivity index (χ1) is 8.15. The molecule has 0 aliphatic carbocycles. The molecule has 0 aromatic heterocycles. The van der Waals surface area contributed by atoms with Crippen LogP contribution in [0.5, 0.6) is 0 Å². The molecule has 0 unspecified atom stereocenters. The van der Waals surface area contributed by atoms with Gasteiger partial charge in [-0.15, -0.1) is 0 Å². The molecular weight excluding hydrogens is 216 g/mol. The summed E-state index contributed by atoms with van der Waals surface area (Å²) in [5.74, 6) is 0.0412. The Hall–Kier alpha value is -1.39. The fourth-order valence-electron chi connectivity index (χ4n) is 2.21. The lowest BCUT2D eigenvalue weighted by Gasteiger charge is -2.27. The Labute approximate surface area is 101 Å². The van der Waals surface area contributed by atoms with Crippen molar-refractivity contribution in [2.45, 2.75) is 12.5 Å². The molecular formula is C13H18N2O2. The van der Waals surface area contributed by atoms with Gasteiger partial charge in [-0.05, 0) is 23.6 Å². The molecule has 0 saturated heterocycles. The second-order valence-electron chi connectivity index (χ2n) is 4.42. The van der Waals surface area contributed by atoms with Crippen molar-refractivity contribution in [1.29, 1.82) is 0 Å². The number of rotatable bonds is 2. The highest BCUT2D eigenvalue weighted by Crippen LogP contribution is 2.29. The molecule has 4 heteroatoms. The summed E-state index contributed by atoms with van der Waals surface area (Å²) in [7, 11) is 3.53. The van der Waals surface area contributed by atoms with Crippen molar-refractivity contribution in [3.63, 3.8) is 0 Å². The van der Waals surface area contributed by atoms with Gasteiger partial charge in [0.2, 0.25) is 0 Å². The van der Waals surface area contributed by atoms with Crippen LogP contribution in [0.4, 0.5) is 0 Å². The Morgan fingerprint density at radius 3 is 2.94 bits per heavy atom. The molecule has 1 atom stereocenters. The van der Waals surface area contributed by atoms with Crippen molar-refractivity contribution >= 4 is 5.91 Å². The van der Waals surface area contributed by atoms with Crippen LogP contribution in [0.25, 0.3) is 0 Å². The molecule has 2 N–H and O–H groups in total. The summed E-state index contributed by atoms with van der Waals surface area (Å²) < 4.78 is 5.60. The number of hydrogen-bond acceptors (Lipinski definition) is 3. The smallest absolute Gasteiger partial charge is 0.253 e. The first kappa shape index (κ1) is 12.1. The minimum absolute atomic E-state index is 0.0412. The molecule has 0 bridgehead atoms. The Kier molecular flexibility index (Phi) is 3.45. The Morgan fingerprint density at radius 2 is 2.29 bits per heavy atom. The summed E-state index contributed by atoms with van der Waals surface area (Å²) in [4.78, 5) is 13.7. The average Bonchev–Trinajstić information content (AvgIpc) is 2.36. The van der Waals surface area contributed by atoms with Crippen LogP contribution in [0.15, 0.2) is 18.2 Å². The lowest BCUT2D eigenvalue weighted by Crippen LogP contribution is -2.28. The Morgan fingerprint density at radius 1 is 1.53 bits per heavy atom. The second kappa shape index (κ2) is 4.85. The van der Waals surface area contributed by atoms with Crippen LogP contribution in [0.1, 0.15) is 27.6 Å². The van der Waals surface area contributed by atoms with E-state index in [-0.39, 0.29) is 12.0 Å². The summed E-state index contributed by atoms with van der Waals surface area (Å²) in [6.45, 7) is 1.08. The molecule has 2 rings (SSSR count). The van der Waals surface area contributed by atoms with Gasteiger partial charge in [0.1, 0.15) is 0 Å². The molecule has 0 spiro atoms. The number of carbonyl (C=O) groups is 1. The van der Waals surface area contributed by atoms with Crippen molar-refractivity contribution in [1.82, 2.24) is 4.90 Å². The highest BCUT2D eigenvalue weighted by atomic mass is 16.5. The summed E-state index contributed by atoms with van der Waals surface area (Å²) >= 11 is 0. The fraction of sp³-hybridized carbons (Fsp3) is 0.462. The number of amides is 1. The molecule has 1 amide bonds. The minimum atomic E-state index is -0.0753. The number of fused-ring (bicyclic) bond motifs is 1. The van der Waals surface area contributed by atoms with E-state index in [1.165, 1.54) is 0 Å². The topological polar surface area (TPSA) is 55.6 Å². The average molecular weight is 234 g/mol. The van der Waals surface area contributed by atoms with Crippen molar-refractivity contribution in [3.8, 4) is 0 Å². The third-order valence-electron chi connectivity index (χ3n) is 3.08. The first-order valence-corrected chi connectivity index (χ1v) is 5.80. The molecule has 0 radical (unpaired) electrons. The van der Waals surface area contributed by atoms with Gasteiger partial charge in [0.25, 0.3) is 5.91 Å². The first-order valence-electron chi connectivity index (χ1n) is 5.80. The van der Waals surface area contributed by atoms with Gasteiger partial charge in [-0.25, -0.2) is 0 Å². The van der Waals surface area contributed by atoms with Crippen molar-refractivity contribution in [2.24, 2.45) is 5.73 Å². The molecule has 17 heavy (non-hydrogen) atoms. The lowest BCUT2D eigenvalue weighted by atomic mass is 9.92. The highest BCUT2D eigenvalue weighted by Gasteiger charge is 2.24. The zero-order valence-corrected chi connectivity index (χ0v) is 10.3. The number of nitrogens with zero attached hydrogens (tertiary/aromatic N) is 1. The van der Waals surface area contributed by atoms with Crippen molar-refractivity contribution in [3.05, 3.63) is 34.9 Å². The summed E-state index contributed by atoms with van der Waals surface area (Å²) in [5.41, 5.74) is 8.61. The molecule has 4 nitrogen and oxygen atoms in total. The van der Waals surface area contributed by atoms with Crippen LogP contribution in [0, 0.1) is 0 Å². The molecule has 1 aliphatic heterocycles. The van der Waals surface area contributed by atoms with Gasteiger partial charge in [-0.2, -0.15) is 0 Å². The number of carbonyl (C=O) groups excluding carboxylic acids is 1. The maximum Gasteiger partial charge on any atom is 0.253 e. The van der Waals surface area contributed by atoms with E-state index in [4.69, 9.17) is 10.5 Å². The van der Waals surface area contributed by atoms with Crippen molar-refractivity contribution < 1.29 is 9.53 Å². The normalized spacial score (nSPS) is 18.6. The Balaban J connectivity index is 2.46. The molecule has 0 saturated carbocycles. The highest BCUT2D eigenvalue weighted by molar-refractivity contribution is 5.95. The van der Waals surface area contributed by atoms with Gasteiger partial charge in [-0.1, -0.05) is 12.1 Å². The van der Waals surface area contributed by atoms with Crippen LogP contribution in [-0.2, 0) is 11.2 Å². The van der Waals surface area contributed by atoms with Crippen LogP contribution in [0.3, 0.4) is 0 Å². The third kappa shape index (κ3) is 2.18. The van der Waals surface area contributed by atoms with E-state index in [0.29, 0.717) is 13.2 Å². The molecule has 1 aromatic carbocycles. The van der Waals surface area contributed by atoms with E-state index in [1.807, 2.05) is 18.2 Å². The van der Waals surface area contributed by atoms with E-state index in [0.717, 1.165) is 23.1 Å². The molecule has 1 heterocycles. The fourth-order valence-corrected chi connectivity index (χ4v) is 2.21. The summed E-state index contributed by atoms with van der Waals surface area (Å²) in [6, 6.07) is 5.77.